The van der Waals surface area contributed by atoms with E-state index in [9.17, 15) is 40.8 Å². The van der Waals surface area contributed by atoms with E-state index in [1.54, 1.807) is 31.2 Å². The summed E-state index contributed by atoms with van der Waals surface area (Å²) in [6, 6.07) is 4.16. The van der Waals surface area contributed by atoms with Gasteiger partial charge in [0, 0.05) is 31.0 Å². The molecule has 3 N–H and O–H groups in total. The molecule has 326 valence electrons. The van der Waals surface area contributed by atoms with Crippen molar-refractivity contribution in [3.8, 4) is 11.6 Å². The Bertz CT molecular complexity index is 2050. The van der Waals surface area contributed by atoms with Gasteiger partial charge in [-0.1, -0.05) is 26.2 Å². The van der Waals surface area contributed by atoms with Crippen molar-refractivity contribution in [1.82, 2.24) is 25.2 Å². The Labute approximate surface area is 341 Å². The van der Waals surface area contributed by atoms with Crippen LogP contribution >= 0.6 is 0 Å². The smallest absolute Gasteiger partial charge is 0.427 e. The second-order valence-corrected chi connectivity index (χ2v) is 19.5. The zero-order valence-electron chi connectivity index (χ0n) is 34.1. The normalized spacial score (nSPS) is 28.9. The molecule has 0 spiro atoms. The van der Waals surface area contributed by atoms with Gasteiger partial charge in [0.25, 0.3) is 5.91 Å². The minimum atomic E-state index is -4.93. The number of carbonyl (C=O) groups excluding carboxylic acids is 4. The van der Waals surface area contributed by atoms with Crippen LogP contribution in [-0.2, 0) is 33.9 Å². The number of alkyl halides is 3. The third-order valence-electron chi connectivity index (χ3n) is 12.4. The number of ether oxygens (including phenoxy) is 4. The van der Waals surface area contributed by atoms with Gasteiger partial charge in [-0.05, 0) is 94.4 Å². The molecule has 0 unspecified atom stereocenters. The Kier molecular flexibility index (Phi) is 12.4. The van der Waals surface area contributed by atoms with Gasteiger partial charge >= 0.3 is 12.3 Å². The molecule has 6 rings (SSSR count). The van der Waals surface area contributed by atoms with E-state index in [1.807, 2.05) is 6.92 Å². The molecule has 2 aliphatic carbocycles. The van der Waals surface area contributed by atoms with Crippen molar-refractivity contribution >= 4 is 44.6 Å². The number of benzene rings is 1. The molecule has 4 aliphatic rings. The van der Waals surface area contributed by atoms with Gasteiger partial charge in [0.15, 0.2) is 0 Å². The molecule has 15 nitrogen and oxygen atoms in total. The van der Waals surface area contributed by atoms with Crippen LogP contribution < -0.4 is 24.8 Å². The fourth-order valence-corrected chi connectivity index (χ4v) is 9.48. The molecule has 1 aromatic heterocycles. The Morgan fingerprint density at radius 2 is 1.78 bits per heavy atom. The first-order chi connectivity index (χ1) is 27.6. The Balaban J connectivity index is 1.37. The first-order valence-corrected chi connectivity index (χ1v) is 21.5. The zero-order valence-corrected chi connectivity index (χ0v) is 35.0. The molecule has 7 atom stereocenters. The van der Waals surface area contributed by atoms with Crippen molar-refractivity contribution in [2.24, 2.45) is 17.8 Å². The summed E-state index contributed by atoms with van der Waals surface area (Å²) in [6.45, 7) is 4.57. The number of halogens is 3. The van der Waals surface area contributed by atoms with Gasteiger partial charge in [0.05, 0.1) is 25.0 Å². The van der Waals surface area contributed by atoms with Gasteiger partial charge in [-0.3, -0.25) is 19.1 Å². The van der Waals surface area contributed by atoms with E-state index in [0.29, 0.717) is 69.9 Å². The van der Waals surface area contributed by atoms with Crippen LogP contribution in [0.15, 0.2) is 30.5 Å². The fraction of sp³-hybridized carbons (Fsp3) is 0.675. The summed E-state index contributed by atoms with van der Waals surface area (Å²) >= 11 is 0. The summed E-state index contributed by atoms with van der Waals surface area (Å²) in [5.41, 5.74) is -4.48. The van der Waals surface area contributed by atoms with Gasteiger partial charge in [-0.2, -0.15) is 13.2 Å². The van der Waals surface area contributed by atoms with Crippen LogP contribution in [0, 0.1) is 17.8 Å². The topological polar surface area (TPSA) is 192 Å². The lowest BCUT2D eigenvalue weighted by molar-refractivity contribution is -0.244. The summed E-state index contributed by atoms with van der Waals surface area (Å²) in [4.78, 5) is 62.4. The van der Waals surface area contributed by atoms with Gasteiger partial charge in [-0.15, -0.1) is 0 Å². The minimum Gasteiger partial charge on any atom is -0.497 e. The lowest BCUT2D eigenvalue weighted by atomic mass is 9.86. The second kappa shape index (κ2) is 16.6. The highest BCUT2D eigenvalue weighted by atomic mass is 32.2. The molecule has 2 saturated heterocycles. The number of carbonyl (C=O) groups is 4. The molecule has 4 amide bonds. The summed E-state index contributed by atoms with van der Waals surface area (Å²) in [7, 11) is -1.14. The number of amides is 4. The van der Waals surface area contributed by atoms with Crippen LogP contribution in [0.5, 0.6) is 11.6 Å². The minimum absolute atomic E-state index is 0.0574. The molecule has 0 radical (unpaired) electrons. The monoisotopic (exact) mass is 853 g/mol. The molecular weight excluding hydrogens is 800 g/mol. The summed E-state index contributed by atoms with van der Waals surface area (Å²) in [6.07, 6.45) is -2.12. The highest BCUT2D eigenvalue weighted by molar-refractivity contribution is 7.91. The number of hydrogen-bond donors (Lipinski definition) is 3. The summed E-state index contributed by atoms with van der Waals surface area (Å²) in [5, 5.41) is 6.59. The Morgan fingerprint density at radius 1 is 1.07 bits per heavy atom. The van der Waals surface area contributed by atoms with Crippen LogP contribution in [0.2, 0.25) is 0 Å². The van der Waals surface area contributed by atoms with E-state index >= 15 is 0 Å². The van der Waals surface area contributed by atoms with Crippen LogP contribution in [0.3, 0.4) is 0 Å². The number of hydrogen-bond acceptors (Lipinski definition) is 11. The summed E-state index contributed by atoms with van der Waals surface area (Å²) < 4.78 is 91.1. The predicted molar refractivity (Wildman–Crippen MR) is 208 cm³/mol. The molecule has 2 aromatic rings. The maximum atomic E-state index is 14.9. The van der Waals surface area contributed by atoms with E-state index < -0.39 is 80.0 Å². The van der Waals surface area contributed by atoms with Crippen molar-refractivity contribution < 1.29 is 59.7 Å². The number of fused-ring (bicyclic) bond motifs is 3. The average molecular weight is 854 g/mol. The molecular formula is C40H54F3N5O10S. The standard InChI is InChI=1S/C40H54F3N5O10S/c1-23-9-7-8-10-26-20-39(26,35(51)47-59(53,54)38(4)14-15-38)46-32(49)30-19-28(57-33-29-12-11-27(56-6)18-24(29)13-16-44-33)21-48(30)34(50)31(25(17-23)22-55-5)45-36(52)58-37(2,3)40(41,42)43/h11-13,16,18,23,25-26,28,30-31H,7-10,14-15,17,19-22H2,1-6H3,(H,45,52)(H,46,49)(H,47,51)/t23-,25-,26-,28+,30-,31-,39+/m0/s1. The van der Waals surface area contributed by atoms with Crippen LogP contribution in [0.4, 0.5) is 18.0 Å². The van der Waals surface area contributed by atoms with Crippen molar-refractivity contribution in [3.63, 3.8) is 0 Å². The van der Waals surface area contributed by atoms with Crippen molar-refractivity contribution in [2.75, 3.05) is 27.4 Å². The molecule has 3 heterocycles. The molecule has 2 aliphatic heterocycles. The second-order valence-electron chi connectivity index (χ2n) is 17.3. The van der Waals surface area contributed by atoms with E-state index in [-0.39, 0.29) is 43.7 Å². The molecule has 0 bridgehead atoms. The van der Waals surface area contributed by atoms with E-state index in [0.717, 1.165) is 5.39 Å². The first kappa shape index (κ1) is 44.2. The van der Waals surface area contributed by atoms with Gasteiger partial charge in [-0.25, -0.2) is 18.2 Å². The fourth-order valence-electron chi connectivity index (χ4n) is 8.17. The van der Waals surface area contributed by atoms with Crippen LogP contribution in [0.25, 0.3) is 10.8 Å². The number of aromatic nitrogens is 1. The average Bonchev–Trinajstić information content (AvgIpc) is 4.04. The van der Waals surface area contributed by atoms with Crippen molar-refractivity contribution in [2.45, 2.75) is 126 Å². The van der Waals surface area contributed by atoms with E-state index in [2.05, 4.69) is 20.3 Å². The predicted octanol–water partition coefficient (Wildman–Crippen LogP) is 4.76. The number of pyridine rings is 1. The Hall–Kier alpha value is -4.39. The van der Waals surface area contributed by atoms with Crippen LogP contribution in [-0.4, -0.2) is 110 Å². The van der Waals surface area contributed by atoms with Gasteiger partial charge < -0.3 is 34.5 Å². The highest BCUT2D eigenvalue weighted by Gasteiger charge is 2.63. The molecule has 59 heavy (non-hydrogen) atoms. The molecule has 4 fully saturated rings. The maximum Gasteiger partial charge on any atom is 0.427 e. The van der Waals surface area contributed by atoms with Gasteiger partial charge in [0.1, 0.15) is 29.5 Å². The number of rotatable bonds is 10. The van der Waals surface area contributed by atoms with Gasteiger partial charge in [0.2, 0.25) is 33.3 Å². The molecule has 19 heteroatoms. The number of methoxy groups -OCH3 is 2. The molecule has 1 aromatic carbocycles. The summed E-state index contributed by atoms with van der Waals surface area (Å²) in [5.74, 6) is -2.85. The quantitative estimate of drug-likeness (QED) is 0.299. The number of nitrogens with zero attached hydrogens (tertiary/aromatic N) is 2. The van der Waals surface area contributed by atoms with Crippen LogP contribution in [0.1, 0.15) is 85.5 Å². The lowest BCUT2D eigenvalue weighted by Gasteiger charge is -2.35. The highest BCUT2D eigenvalue weighted by Crippen LogP contribution is 2.49. The maximum absolute atomic E-state index is 14.9. The van der Waals surface area contributed by atoms with E-state index in [4.69, 9.17) is 18.9 Å². The third-order valence-corrected chi connectivity index (χ3v) is 14.5. The SMILES string of the molecule is COC[C@@H]1C[C@@H](C)CCCC[C@H]2C[C@@]2(C(=O)NS(=O)(=O)C2(C)CC2)NC(=O)[C@@H]2C[C@@H](Oc3nccc4cc(OC)ccc34)CN2C(=O)[C@H]1NC(=O)OC(C)(C)C(F)(F)F. The zero-order chi connectivity index (χ0) is 43.1. The first-order valence-electron chi connectivity index (χ1n) is 20.0. The number of nitrogens with one attached hydrogen (secondary N) is 3. The number of sulfonamides is 1. The van der Waals surface area contributed by atoms with Crippen molar-refractivity contribution in [3.05, 3.63) is 30.5 Å². The molecule has 2 saturated carbocycles. The third kappa shape index (κ3) is 9.35. The lowest BCUT2D eigenvalue weighted by Crippen LogP contribution is -2.60. The largest absolute Gasteiger partial charge is 0.497 e. The Morgan fingerprint density at radius 3 is 2.44 bits per heavy atom. The van der Waals surface area contributed by atoms with Crippen molar-refractivity contribution in [1.29, 1.82) is 0 Å². The number of alkyl carbamates (subject to hydrolysis) is 1. The van der Waals surface area contributed by atoms with E-state index in [1.165, 1.54) is 25.3 Å².